The van der Waals surface area contributed by atoms with Crippen LogP contribution in [0.4, 0.5) is 5.69 Å². The third-order valence-electron chi connectivity index (χ3n) is 7.43. The molecule has 5 aromatic rings. The molecule has 4 unspecified atom stereocenters. The Morgan fingerprint density at radius 2 is 1.67 bits per heavy atom. The van der Waals surface area contributed by atoms with Crippen molar-refractivity contribution in [2.24, 2.45) is 5.92 Å². The lowest BCUT2D eigenvalue weighted by atomic mass is 9.91. The fourth-order valence-corrected chi connectivity index (χ4v) is 6.07. The van der Waals surface area contributed by atoms with Gasteiger partial charge in [-0.2, -0.15) is 4.73 Å². The Labute approximate surface area is 253 Å². The number of aliphatic hydroxyl groups excluding tert-OH is 1. The van der Waals surface area contributed by atoms with Crippen LogP contribution in [-0.2, 0) is 16.1 Å². The number of benzene rings is 3. The SMILES string of the molecule is CC1C(CSc2cccc[n+]2[O-])OC(c2ccc(NC(=O)c3cnc4ccccc4n3)cc2)OC1c1ccc(CO)cc1. The quantitative estimate of drug-likeness (QED) is 0.136. The predicted octanol–water partition coefficient (Wildman–Crippen LogP) is 5.59. The van der Waals surface area contributed by atoms with E-state index in [1.54, 1.807) is 24.3 Å². The minimum atomic E-state index is -0.671. The number of hydrogen-bond donors (Lipinski definition) is 2. The number of thioether (sulfide) groups is 1. The fraction of sp³-hybridized carbons (Fsp3) is 0.212. The predicted molar refractivity (Wildman–Crippen MR) is 163 cm³/mol. The highest BCUT2D eigenvalue weighted by molar-refractivity contribution is 7.99. The van der Waals surface area contributed by atoms with Crippen LogP contribution in [0.25, 0.3) is 11.0 Å². The number of hydrogen-bond acceptors (Lipinski definition) is 8. The van der Waals surface area contributed by atoms with Crippen molar-refractivity contribution in [1.29, 1.82) is 0 Å². The van der Waals surface area contributed by atoms with Crippen molar-refractivity contribution in [1.82, 2.24) is 9.97 Å². The van der Waals surface area contributed by atoms with Crippen molar-refractivity contribution in [3.63, 3.8) is 0 Å². The lowest BCUT2D eigenvalue weighted by Gasteiger charge is -2.41. The van der Waals surface area contributed by atoms with Gasteiger partial charge in [0.2, 0.25) is 0 Å². The molecule has 9 nitrogen and oxygen atoms in total. The number of carbonyl (C=O) groups excluding carboxylic acids is 1. The molecule has 2 N–H and O–H groups in total. The van der Waals surface area contributed by atoms with Crippen molar-refractivity contribution < 1.29 is 24.1 Å². The van der Waals surface area contributed by atoms with Crippen LogP contribution in [-0.4, -0.2) is 32.8 Å². The lowest BCUT2D eigenvalue weighted by molar-refractivity contribution is -0.645. The molecular weight excluding hydrogens is 564 g/mol. The maximum atomic E-state index is 12.9. The molecule has 3 heterocycles. The Hall–Kier alpha value is -4.35. The normalized spacial score (nSPS) is 20.1. The summed E-state index contributed by atoms with van der Waals surface area (Å²) in [5.41, 5.74) is 4.79. The molecule has 0 radical (unpaired) electrons. The van der Waals surface area contributed by atoms with E-state index in [1.807, 2.05) is 66.7 Å². The zero-order chi connectivity index (χ0) is 29.8. The summed E-state index contributed by atoms with van der Waals surface area (Å²) in [7, 11) is 0. The monoisotopic (exact) mass is 594 g/mol. The summed E-state index contributed by atoms with van der Waals surface area (Å²) in [6.45, 7) is 2.05. The topological polar surface area (TPSA) is 121 Å². The summed E-state index contributed by atoms with van der Waals surface area (Å²) in [5, 5.41) is 25.2. The van der Waals surface area contributed by atoms with E-state index in [9.17, 15) is 15.1 Å². The van der Waals surface area contributed by atoms with Crippen LogP contribution >= 0.6 is 11.8 Å². The lowest BCUT2D eigenvalue weighted by Crippen LogP contribution is -2.39. The average Bonchev–Trinajstić information content (AvgIpc) is 3.05. The number of pyridine rings is 1. The zero-order valence-electron chi connectivity index (χ0n) is 23.4. The number of aromatic nitrogens is 3. The third kappa shape index (κ3) is 6.52. The van der Waals surface area contributed by atoms with Crippen LogP contribution in [0, 0.1) is 11.1 Å². The van der Waals surface area contributed by atoms with E-state index < -0.39 is 6.29 Å². The molecule has 43 heavy (non-hydrogen) atoms. The highest BCUT2D eigenvalue weighted by Crippen LogP contribution is 2.43. The van der Waals surface area contributed by atoms with Gasteiger partial charge in [-0.15, -0.1) is 0 Å². The molecule has 0 bridgehead atoms. The van der Waals surface area contributed by atoms with Crippen LogP contribution < -0.4 is 10.0 Å². The van der Waals surface area contributed by atoms with Gasteiger partial charge in [-0.1, -0.05) is 67.2 Å². The van der Waals surface area contributed by atoms with Gasteiger partial charge in [0.25, 0.3) is 10.9 Å². The Morgan fingerprint density at radius 1 is 0.953 bits per heavy atom. The van der Waals surface area contributed by atoms with E-state index in [0.717, 1.165) is 26.9 Å². The number of nitrogens with zero attached hydrogens (tertiary/aromatic N) is 3. The molecule has 10 heteroatoms. The van der Waals surface area contributed by atoms with E-state index in [-0.39, 0.29) is 36.3 Å². The van der Waals surface area contributed by atoms with Crippen molar-refractivity contribution in [2.75, 3.05) is 11.1 Å². The van der Waals surface area contributed by atoms with Gasteiger partial charge >= 0.3 is 0 Å². The Kier molecular flexibility index (Phi) is 8.62. The van der Waals surface area contributed by atoms with Crippen molar-refractivity contribution in [2.45, 2.75) is 37.1 Å². The highest BCUT2D eigenvalue weighted by Gasteiger charge is 2.38. The molecule has 218 valence electrons. The number of para-hydroxylation sites is 2. The number of ether oxygens (including phenoxy) is 2. The zero-order valence-corrected chi connectivity index (χ0v) is 24.2. The minimum absolute atomic E-state index is 0.0193. The van der Waals surface area contributed by atoms with Crippen LogP contribution in [0.5, 0.6) is 0 Å². The van der Waals surface area contributed by atoms with Gasteiger partial charge in [-0.3, -0.25) is 9.78 Å². The Morgan fingerprint density at radius 3 is 2.42 bits per heavy atom. The van der Waals surface area contributed by atoms with Crippen LogP contribution in [0.1, 0.15) is 46.5 Å². The molecule has 2 aromatic heterocycles. The standard InChI is InChI=1S/C33H30N4O5S/c1-21-29(20-43-30-8-4-5-17-37(30)40)41-33(42-31(21)23-11-9-22(19-38)10-12-23)24-13-15-25(16-14-24)35-32(39)28-18-34-26-6-2-3-7-27(26)36-28/h2-18,21,29,31,33,38H,19-20H2,1H3,(H,35,39). The summed E-state index contributed by atoms with van der Waals surface area (Å²) in [4.78, 5) is 21.6. The molecule has 0 spiro atoms. The first-order chi connectivity index (χ1) is 21.0. The van der Waals surface area contributed by atoms with Gasteiger partial charge in [0, 0.05) is 35.1 Å². The summed E-state index contributed by atoms with van der Waals surface area (Å²) in [6, 6.07) is 27.8. The first kappa shape index (κ1) is 28.8. The molecule has 4 atom stereocenters. The van der Waals surface area contributed by atoms with E-state index >= 15 is 0 Å². The van der Waals surface area contributed by atoms with E-state index in [1.165, 1.54) is 24.2 Å². The number of amides is 1. The van der Waals surface area contributed by atoms with Crippen molar-refractivity contribution in [3.8, 4) is 0 Å². The number of nitrogens with one attached hydrogen (secondary N) is 1. The number of aliphatic hydroxyl groups is 1. The number of fused-ring (bicyclic) bond motifs is 1. The molecule has 0 saturated carbocycles. The van der Waals surface area contributed by atoms with Crippen molar-refractivity contribution >= 4 is 34.4 Å². The highest BCUT2D eigenvalue weighted by atomic mass is 32.2. The van der Waals surface area contributed by atoms with Crippen LogP contribution in [0.3, 0.4) is 0 Å². The van der Waals surface area contributed by atoms with Gasteiger partial charge in [-0.25, -0.2) is 4.98 Å². The number of carbonyl (C=O) groups is 1. The second-order valence-corrected chi connectivity index (χ2v) is 11.4. The van der Waals surface area contributed by atoms with Crippen LogP contribution in [0.15, 0.2) is 108 Å². The van der Waals surface area contributed by atoms with Crippen LogP contribution in [0.2, 0.25) is 0 Å². The molecule has 3 aromatic carbocycles. The summed E-state index contributed by atoms with van der Waals surface area (Å²) < 4.78 is 13.8. The summed E-state index contributed by atoms with van der Waals surface area (Å²) in [5.74, 6) is 0.179. The van der Waals surface area contributed by atoms with Gasteiger partial charge in [0.1, 0.15) is 5.69 Å². The molecule has 6 rings (SSSR count). The van der Waals surface area contributed by atoms with E-state index in [4.69, 9.17) is 9.47 Å². The average molecular weight is 595 g/mol. The van der Waals surface area contributed by atoms with Crippen molar-refractivity contribution in [3.05, 3.63) is 131 Å². The maximum absolute atomic E-state index is 12.9. The molecule has 1 aliphatic heterocycles. The Balaban J connectivity index is 1.20. The second kappa shape index (κ2) is 12.9. The van der Waals surface area contributed by atoms with Gasteiger partial charge < -0.3 is 25.1 Å². The number of anilines is 1. The first-order valence-electron chi connectivity index (χ1n) is 13.9. The minimum Gasteiger partial charge on any atom is -0.618 e. The largest absolute Gasteiger partial charge is 0.618 e. The molecule has 1 fully saturated rings. The molecule has 1 saturated heterocycles. The molecule has 1 amide bonds. The summed E-state index contributed by atoms with van der Waals surface area (Å²) in [6.07, 6.45) is 1.77. The van der Waals surface area contributed by atoms with E-state index in [0.29, 0.717) is 22.0 Å². The molecule has 0 aliphatic carbocycles. The maximum Gasteiger partial charge on any atom is 0.275 e. The first-order valence-corrected chi connectivity index (χ1v) is 14.9. The fourth-order valence-electron chi connectivity index (χ4n) is 4.99. The van der Waals surface area contributed by atoms with Gasteiger partial charge in [-0.05, 0) is 41.5 Å². The molecule has 1 aliphatic rings. The molecular formula is C33H30N4O5S. The Bertz CT molecular complexity index is 1720. The van der Waals surface area contributed by atoms with Gasteiger partial charge in [0.15, 0.2) is 12.5 Å². The smallest absolute Gasteiger partial charge is 0.275 e. The third-order valence-corrected chi connectivity index (χ3v) is 8.54. The number of rotatable bonds is 8. The van der Waals surface area contributed by atoms with Gasteiger partial charge in [0.05, 0.1) is 36.0 Å². The van der Waals surface area contributed by atoms with E-state index in [2.05, 4.69) is 22.2 Å². The summed E-state index contributed by atoms with van der Waals surface area (Å²) >= 11 is 1.44. The second-order valence-electron chi connectivity index (χ2n) is 10.3.